The molecule has 0 radical (unpaired) electrons. The predicted molar refractivity (Wildman–Crippen MR) is 72.0 cm³/mol. The molecule has 2 nitrogen and oxygen atoms in total. The van der Waals surface area contributed by atoms with Crippen LogP contribution in [0.4, 0.5) is 0 Å². The Hall–Kier alpha value is -0.990. The van der Waals surface area contributed by atoms with Gasteiger partial charge in [-0.2, -0.15) is 0 Å². The third-order valence-electron chi connectivity index (χ3n) is 3.17. The topological polar surface area (TPSA) is 12.5 Å². The zero-order chi connectivity index (χ0) is 12.3. The third-order valence-corrected chi connectivity index (χ3v) is 3.53. The molecule has 0 aromatic heterocycles. The number of rotatable bonds is 3. The smallest absolute Gasteiger partial charge is 0.123 e. The highest BCUT2D eigenvalue weighted by molar-refractivity contribution is 6.31. The van der Waals surface area contributed by atoms with Crippen LogP contribution in [0, 0.1) is 0 Å². The number of ether oxygens (including phenoxy) is 1. The summed E-state index contributed by atoms with van der Waals surface area (Å²) >= 11 is 6.27. The van der Waals surface area contributed by atoms with E-state index in [1.807, 2.05) is 12.1 Å². The molecule has 0 saturated heterocycles. The number of likely N-dealkylation sites (N-methyl/N-ethyl adjacent to an activating group) is 1. The Morgan fingerprint density at radius 3 is 2.76 bits per heavy atom. The van der Waals surface area contributed by atoms with Gasteiger partial charge in [-0.3, -0.25) is 0 Å². The molecule has 2 rings (SSSR count). The molecule has 1 aromatic rings. The molecule has 0 fully saturated rings. The summed E-state index contributed by atoms with van der Waals surface area (Å²) in [5, 5.41) is 0.862. The lowest BCUT2D eigenvalue weighted by Crippen LogP contribution is -2.20. The molecule has 0 N–H and O–H groups in total. The van der Waals surface area contributed by atoms with Crippen LogP contribution in [0.3, 0.4) is 0 Å². The van der Waals surface area contributed by atoms with Gasteiger partial charge in [0.15, 0.2) is 0 Å². The van der Waals surface area contributed by atoms with Crippen molar-refractivity contribution < 1.29 is 4.74 Å². The summed E-state index contributed by atoms with van der Waals surface area (Å²) in [6, 6.07) is 3.90. The monoisotopic (exact) mass is 251 g/mol. The van der Waals surface area contributed by atoms with Gasteiger partial charge in [-0.1, -0.05) is 24.3 Å². The van der Waals surface area contributed by atoms with Crippen LogP contribution >= 0.6 is 11.6 Å². The maximum atomic E-state index is 6.27. The Labute approximate surface area is 108 Å². The van der Waals surface area contributed by atoms with Crippen LogP contribution < -0.4 is 4.74 Å². The summed E-state index contributed by atoms with van der Waals surface area (Å²) in [5.74, 6) is 0.958. The van der Waals surface area contributed by atoms with Gasteiger partial charge in [0.05, 0.1) is 0 Å². The highest BCUT2D eigenvalue weighted by Crippen LogP contribution is 2.31. The van der Waals surface area contributed by atoms with E-state index in [-0.39, 0.29) is 0 Å². The molecule has 1 heterocycles. The molecule has 0 bridgehead atoms. The van der Waals surface area contributed by atoms with Gasteiger partial charge in [0.1, 0.15) is 12.4 Å². The lowest BCUT2D eigenvalue weighted by atomic mass is 10.0. The normalized spacial score (nSPS) is 16.1. The largest absolute Gasteiger partial charge is 0.489 e. The second kappa shape index (κ2) is 5.56. The molecular formula is C14H18ClNO. The van der Waals surface area contributed by atoms with Gasteiger partial charge < -0.3 is 9.64 Å². The first-order chi connectivity index (χ1) is 8.22. The van der Waals surface area contributed by atoms with Crippen LogP contribution in [-0.4, -0.2) is 31.6 Å². The van der Waals surface area contributed by atoms with Crippen molar-refractivity contribution in [2.24, 2.45) is 0 Å². The number of fused-ring (bicyclic) bond motifs is 1. The molecule has 1 aromatic carbocycles. The first-order valence-corrected chi connectivity index (χ1v) is 6.32. The average Bonchev–Trinajstić information content (AvgIpc) is 2.52. The summed E-state index contributed by atoms with van der Waals surface area (Å²) in [6.07, 6.45) is 3.76. The summed E-state index contributed by atoms with van der Waals surface area (Å²) in [7, 11) is 2.14. The second-order valence-corrected chi connectivity index (χ2v) is 4.81. The van der Waals surface area contributed by atoms with Crippen molar-refractivity contribution in [1.82, 2.24) is 4.90 Å². The summed E-state index contributed by atoms with van der Waals surface area (Å²) in [5.41, 5.74) is 2.52. The minimum atomic E-state index is 0.546. The van der Waals surface area contributed by atoms with Crippen molar-refractivity contribution in [3.8, 4) is 5.75 Å². The van der Waals surface area contributed by atoms with Crippen LogP contribution in [0.25, 0.3) is 0 Å². The van der Waals surface area contributed by atoms with Crippen molar-refractivity contribution in [2.75, 3.05) is 26.7 Å². The highest BCUT2D eigenvalue weighted by atomic mass is 35.5. The van der Waals surface area contributed by atoms with E-state index >= 15 is 0 Å². The van der Waals surface area contributed by atoms with E-state index < -0.39 is 0 Å². The van der Waals surface area contributed by atoms with E-state index in [1.165, 1.54) is 11.1 Å². The molecule has 0 amide bonds. The Balaban J connectivity index is 2.33. The Bertz CT molecular complexity index is 417. The Morgan fingerprint density at radius 1 is 1.35 bits per heavy atom. The van der Waals surface area contributed by atoms with Gasteiger partial charge in [-0.05, 0) is 37.6 Å². The van der Waals surface area contributed by atoms with Crippen LogP contribution in [0.2, 0.25) is 5.02 Å². The minimum absolute atomic E-state index is 0.546. The summed E-state index contributed by atoms with van der Waals surface area (Å²) < 4.78 is 5.70. The van der Waals surface area contributed by atoms with Crippen molar-refractivity contribution >= 4 is 11.6 Å². The molecule has 1 aliphatic heterocycles. The van der Waals surface area contributed by atoms with Gasteiger partial charge >= 0.3 is 0 Å². The number of hydrogen-bond acceptors (Lipinski definition) is 2. The summed E-state index contributed by atoms with van der Waals surface area (Å²) in [6.45, 7) is 6.33. The van der Waals surface area contributed by atoms with E-state index in [2.05, 4.69) is 18.5 Å². The third kappa shape index (κ3) is 2.82. The van der Waals surface area contributed by atoms with E-state index in [0.717, 1.165) is 36.7 Å². The van der Waals surface area contributed by atoms with Crippen LogP contribution in [0.5, 0.6) is 5.75 Å². The fraction of sp³-hybridized carbons (Fsp3) is 0.429. The zero-order valence-corrected chi connectivity index (χ0v) is 11.0. The number of hydrogen-bond donors (Lipinski definition) is 0. The van der Waals surface area contributed by atoms with Crippen LogP contribution in [0.1, 0.15) is 11.1 Å². The van der Waals surface area contributed by atoms with Crippen molar-refractivity contribution in [3.63, 3.8) is 0 Å². The molecule has 0 aliphatic carbocycles. The van der Waals surface area contributed by atoms with Gasteiger partial charge in [0.2, 0.25) is 0 Å². The first-order valence-electron chi connectivity index (χ1n) is 5.95. The number of benzene rings is 1. The maximum Gasteiger partial charge on any atom is 0.123 e. The summed E-state index contributed by atoms with van der Waals surface area (Å²) in [4.78, 5) is 2.33. The SMILES string of the molecule is C=CCOc1ccc(Cl)c2c1CCN(C)CC2. The predicted octanol–water partition coefficient (Wildman–Crippen LogP) is 2.94. The van der Waals surface area contributed by atoms with Gasteiger partial charge in [0, 0.05) is 23.7 Å². The van der Waals surface area contributed by atoms with Gasteiger partial charge in [0.25, 0.3) is 0 Å². The van der Waals surface area contributed by atoms with E-state index in [9.17, 15) is 0 Å². The molecule has 17 heavy (non-hydrogen) atoms. The molecule has 3 heteroatoms. The average molecular weight is 252 g/mol. The lowest BCUT2D eigenvalue weighted by molar-refractivity contribution is 0.344. The quantitative estimate of drug-likeness (QED) is 0.766. The van der Waals surface area contributed by atoms with E-state index in [4.69, 9.17) is 16.3 Å². The van der Waals surface area contributed by atoms with Gasteiger partial charge in [-0.25, -0.2) is 0 Å². The van der Waals surface area contributed by atoms with Crippen molar-refractivity contribution in [1.29, 1.82) is 0 Å². The number of halogens is 1. The minimum Gasteiger partial charge on any atom is -0.489 e. The highest BCUT2D eigenvalue weighted by Gasteiger charge is 2.17. The first kappa shape index (κ1) is 12.5. The van der Waals surface area contributed by atoms with E-state index in [1.54, 1.807) is 6.08 Å². The van der Waals surface area contributed by atoms with Crippen molar-refractivity contribution in [3.05, 3.63) is 40.9 Å². The molecule has 0 unspecified atom stereocenters. The number of nitrogens with zero attached hydrogens (tertiary/aromatic N) is 1. The molecule has 1 aliphatic rings. The lowest BCUT2D eigenvalue weighted by Gasteiger charge is -2.13. The Kier molecular flexibility index (Phi) is 4.08. The standard InChI is InChI=1S/C14H18ClNO/c1-3-10-17-14-5-4-13(15)11-6-8-16(2)9-7-12(11)14/h3-5H,1,6-10H2,2H3. The van der Waals surface area contributed by atoms with Crippen LogP contribution in [-0.2, 0) is 12.8 Å². The maximum absolute atomic E-state index is 6.27. The van der Waals surface area contributed by atoms with Gasteiger partial charge in [-0.15, -0.1) is 0 Å². The molecular weight excluding hydrogens is 234 g/mol. The van der Waals surface area contributed by atoms with Crippen molar-refractivity contribution in [2.45, 2.75) is 12.8 Å². The molecule has 0 atom stereocenters. The van der Waals surface area contributed by atoms with E-state index in [0.29, 0.717) is 6.61 Å². The van der Waals surface area contributed by atoms with Crippen LogP contribution in [0.15, 0.2) is 24.8 Å². The second-order valence-electron chi connectivity index (χ2n) is 4.41. The fourth-order valence-corrected chi connectivity index (χ4v) is 2.46. The molecule has 0 spiro atoms. The molecule has 0 saturated carbocycles. The molecule has 92 valence electrons. The Morgan fingerprint density at radius 2 is 2.06 bits per heavy atom. The zero-order valence-electron chi connectivity index (χ0n) is 10.2. The fourth-order valence-electron chi connectivity index (χ4n) is 2.19.